The van der Waals surface area contributed by atoms with E-state index >= 15 is 0 Å². The predicted molar refractivity (Wildman–Crippen MR) is 78.9 cm³/mol. The first-order valence-corrected chi connectivity index (χ1v) is 8.02. The fraction of sp³-hybridized carbons (Fsp3) is 0.462. The van der Waals surface area contributed by atoms with E-state index < -0.39 is 26.6 Å². The van der Waals surface area contributed by atoms with Gasteiger partial charge in [0.15, 0.2) is 0 Å². The lowest BCUT2D eigenvalue weighted by Gasteiger charge is -2.15. The highest BCUT2D eigenvalue weighted by molar-refractivity contribution is 7.90. The number of ether oxygens (including phenoxy) is 2. The van der Waals surface area contributed by atoms with Crippen molar-refractivity contribution >= 4 is 21.6 Å². The Morgan fingerprint density at radius 1 is 1.32 bits per heavy atom. The predicted octanol–water partition coefficient (Wildman–Crippen LogP) is 1.11. The van der Waals surface area contributed by atoms with Crippen LogP contribution in [-0.2, 0) is 19.6 Å². The zero-order valence-electron chi connectivity index (χ0n) is 12.6. The molecule has 1 aromatic rings. The molecular weight excluding hydrogens is 315 g/mol. The van der Waals surface area contributed by atoms with Gasteiger partial charge in [0.25, 0.3) is 10.0 Å². The highest BCUT2D eigenvalue weighted by atomic mass is 32.2. The Balaban J connectivity index is 3.23. The van der Waals surface area contributed by atoms with Gasteiger partial charge >= 0.3 is 0 Å². The van der Waals surface area contributed by atoms with Crippen LogP contribution in [0.4, 0.5) is 10.1 Å². The van der Waals surface area contributed by atoms with Crippen LogP contribution in [0.2, 0.25) is 0 Å². The monoisotopic (exact) mass is 334 g/mol. The molecule has 7 nitrogen and oxygen atoms in total. The quantitative estimate of drug-likeness (QED) is 0.692. The van der Waals surface area contributed by atoms with E-state index in [4.69, 9.17) is 9.47 Å². The maximum Gasteiger partial charge on any atom is 0.267 e. The van der Waals surface area contributed by atoms with Crippen molar-refractivity contribution < 1.29 is 27.1 Å². The maximum atomic E-state index is 14.0. The van der Waals surface area contributed by atoms with Gasteiger partial charge in [-0.3, -0.25) is 4.79 Å². The van der Waals surface area contributed by atoms with E-state index in [0.29, 0.717) is 12.2 Å². The molecular formula is C13H19FN2O5S. The zero-order chi connectivity index (χ0) is 16.8. The summed E-state index contributed by atoms with van der Waals surface area (Å²) >= 11 is 0. The van der Waals surface area contributed by atoms with Crippen molar-refractivity contribution in [3.63, 3.8) is 0 Å². The summed E-state index contributed by atoms with van der Waals surface area (Å²) in [5.74, 6) is -1.63. The van der Waals surface area contributed by atoms with Crippen LogP contribution in [0, 0.1) is 5.82 Å². The van der Waals surface area contributed by atoms with Gasteiger partial charge in [-0.1, -0.05) is 0 Å². The van der Waals surface area contributed by atoms with Gasteiger partial charge in [0, 0.05) is 32.7 Å². The van der Waals surface area contributed by atoms with Crippen LogP contribution in [0.5, 0.6) is 5.75 Å². The number of hydrogen-bond donors (Lipinski definition) is 2. The van der Waals surface area contributed by atoms with Crippen molar-refractivity contribution in [1.82, 2.24) is 4.72 Å². The van der Waals surface area contributed by atoms with Crippen molar-refractivity contribution in [2.24, 2.45) is 0 Å². The molecule has 124 valence electrons. The molecule has 22 heavy (non-hydrogen) atoms. The van der Waals surface area contributed by atoms with E-state index in [1.165, 1.54) is 7.11 Å². The standard InChI is InChI=1S/C13H19FN2O5S/c1-4-15-11-7-10(14)13(22(18,19)16-9(2)17)8-12(11)21-6-5-20-3/h7-8,15H,4-6H2,1-3H3,(H,16,17). The molecule has 9 heteroatoms. The van der Waals surface area contributed by atoms with Gasteiger partial charge in [-0.25, -0.2) is 17.5 Å². The van der Waals surface area contributed by atoms with Gasteiger partial charge in [0.2, 0.25) is 5.91 Å². The summed E-state index contributed by atoms with van der Waals surface area (Å²) in [6.07, 6.45) is 0. The molecule has 0 saturated carbocycles. The Bertz CT molecular complexity index is 634. The van der Waals surface area contributed by atoms with Crippen LogP contribution in [0.25, 0.3) is 0 Å². The number of amides is 1. The molecule has 0 unspecified atom stereocenters. The fourth-order valence-corrected chi connectivity index (χ4v) is 2.73. The largest absolute Gasteiger partial charge is 0.489 e. The minimum absolute atomic E-state index is 0.157. The summed E-state index contributed by atoms with van der Waals surface area (Å²) in [5, 5.41) is 2.88. The van der Waals surface area contributed by atoms with Gasteiger partial charge in [-0.15, -0.1) is 0 Å². The molecule has 0 aliphatic carbocycles. The van der Waals surface area contributed by atoms with E-state index in [-0.39, 0.29) is 19.0 Å². The fourth-order valence-electron chi connectivity index (χ4n) is 1.67. The van der Waals surface area contributed by atoms with Gasteiger partial charge in [-0.05, 0) is 6.92 Å². The average molecular weight is 334 g/mol. The lowest BCUT2D eigenvalue weighted by Crippen LogP contribution is -2.29. The van der Waals surface area contributed by atoms with Crippen molar-refractivity contribution in [3.05, 3.63) is 17.9 Å². The summed E-state index contributed by atoms with van der Waals surface area (Å²) in [5.41, 5.74) is 0.317. The number of rotatable bonds is 8. The van der Waals surface area contributed by atoms with Gasteiger partial charge in [-0.2, -0.15) is 0 Å². The van der Waals surface area contributed by atoms with Crippen LogP contribution >= 0.6 is 0 Å². The van der Waals surface area contributed by atoms with Crippen molar-refractivity contribution in [1.29, 1.82) is 0 Å². The molecule has 0 aromatic heterocycles. The number of sulfonamides is 1. The average Bonchev–Trinajstić information content (AvgIpc) is 2.39. The van der Waals surface area contributed by atoms with Crippen molar-refractivity contribution in [2.45, 2.75) is 18.7 Å². The first-order chi connectivity index (χ1) is 10.3. The molecule has 0 atom stereocenters. The molecule has 0 bridgehead atoms. The van der Waals surface area contributed by atoms with E-state index in [1.54, 1.807) is 11.6 Å². The highest BCUT2D eigenvalue weighted by Gasteiger charge is 2.23. The molecule has 0 heterocycles. The van der Waals surface area contributed by atoms with Crippen LogP contribution < -0.4 is 14.8 Å². The first-order valence-electron chi connectivity index (χ1n) is 6.54. The summed E-state index contributed by atoms with van der Waals surface area (Å²) in [6.45, 7) is 3.78. The van der Waals surface area contributed by atoms with E-state index in [2.05, 4.69) is 5.32 Å². The van der Waals surface area contributed by atoms with Crippen LogP contribution in [0.15, 0.2) is 17.0 Å². The third-order valence-electron chi connectivity index (χ3n) is 2.51. The van der Waals surface area contributed by atoms with Gasteiger partial charge in [0.05, 0.1) is 12.3 Å². The van der Waals surface area contributed by atoms with E-state index in [1.807, 2.05) is 0 Å². The van der Waals surface area contributed by atoms with E-state index in [9.17, 15) is 17.6 Å². The topological polar surface area (TPSA) is 93.7 Å². The van der Waals surface area contributed by atoms with Gasteiger partial charge < -0.3 is 14.8 Å². The summed E-state index contributed by atoms with van der Waals surface area (Å²) in [4.78, 5) is 10.3. The third-order valence-corrected chi connectivity index (χ3v) is 3.96. The minimum atomic E-state index is -4.29. The zero-order valence-corrected chi connectivity index (χ0v) is 13.4. The Labute approximate surface area is 128 Å². The second kappa shape index (κ2) is 7.95. The highest BCUT2D eigenvalue weighted by Crippen LogP contribution is 2.30. The number of carbonyl (C=O) groups excluding carboxylic acids is 1. The molecule has 1 aromatic carbocycles. The maximum absolute atomic E-state index is 14.0. The smallest absolute Gasteiger partial charge is 0.267 e. The lowest BCUT2D eigenvalue weighted by molar-refractivity contribution is -0.117. The van der Waals surface area contributed by atoms with Crippen molar-refractivity contribution in [2.75, 3.05) is 32.2 Å². The number of nitrogens with one attached hydrogen (secondary N) is 2. The van der Waals surface area contributed by atoms with Crippen LogP contribution in [0.1, 0.15) is 13.8 Å². The number of carbonyl (C=O) groups is 1. The minimum Gasteiger partial charge on any atom is -0.489 e. The van der Waals surface area contributed by atoms with Crippen LogP contribution in [0.3, 0.4) is 0 Å². The van der Waals surface area contributed by atoms with Crippen molar-refractivity contribution in [3.8, 4) is 5.75 Å². The summed E-state index contributed by atoms with van der Waals surface area (Å²) in [6, 6.07) is 2.05. The Morgan fingerprint density at radius 2 is 2.00 bits per heavy atom. The molecule has 1 rings (SSSR count). The number of benzene rings is 1. The molecule has 0 saturated heterocycles. The third kappa shape index (κ3) is 4.85. The molecule has 0 aliphatic heterocycles. The number of methoxy groups -OCH3 is 1. The molecule has 1 amide bonds. The number of halogens is 1. The Morgan fingerprint density at radius 3 is 2.55 bits per heavy atom. The molecule has 0 radical (unpaired) electrons. The Kier molecular flexibility index (Phi) is 6.57. The van der Waals surface area contributed by atoms with E-state index in [0.717, 1.165) is 19.1 Å². The SMILES string of the molecule is CCNc1cc(F)c(S(=O)(=O)NC(C)=O)cc1OCCOC. The Hall–Kier alpha value is -1.87. The normalized spacial score (nSPS) is 11.1. The molecule has 0 aliphatic rings. The van der Waals surface area contributed by atoms with Gasteiger partial charge in [0.1, 0.15) is 23.1 Å². The first kappa shape index (κ1) is 18.2. The molecule has 2 N–H and O–H groups in total. The number of anilines is 1. The summed E-state index contributed by atoms with van der Waals surface area (Å²) < 4.78 is 49.9. The van der Waals surface area contributed by atoms with Crippen LogP contribution in [-0.4, -0.2) is 41.2 Å². The number of hydrogen-bond acceptors (Lipinski definition) is 6. The molecule has 0 spiro atoms. The lowest BCUT2D eigenvalue weighted by atomic mass is 10.2. The summed E-state index contributed by atoms with van der Waals surface area (Å²) in [7, 11) is -2.80. The second-order valence-electron chi connectivity index (χ2n) is 4.31. The molecule has 0 fully saturated rings. The second-order valence-corrected chi connectivity index (χ2v) is 5.96.